The molecule has 2 aromatic rings. The Morgan fingerprint density at radius 3 is 2.22 bits per heavy atom. The molecule has 0 heterocycles. The molecule has 0 aromatic heterocycles. The first kappa shape index (κ1) is 20.9. The summed E-state index contributed by atoms with van der Waals surface area (Å²) in [7, 11) is -3.82. The van der Waals surface area contributed by atoms with Crippen molar-refractivity contribution in [1.82, 2.24) is 4.90 Å². The standard InChI is InChI=1S/C20H25NO5S/c1-3-21(20(22)25-16-18-10-6-4-7-11-18)15-14-17(2)26-27(23,24)19-12-8-5-9-13-19/h4-13,17H,3,14-16H2,1-2H3. The predicted octanol–water partition coefficient (Wildman–Crippen LogP) is 3.83. The summed E-state index contributed by atoms with van der Waals surface area (Å²) in [6.45, 7) is 4.52. The molecule has 2 aromatic carbocycles. The molecule has 2 rings (SSSR count). The summed E-state index contributed by atoms with van der Waals surface area (Å²) >= 11 is 0. The molecule has 0 aliphatic rings. The van der Waals surface area contributed by atoms with Gasteiger partial charge in [-0.05, 0) is 38.0 Å². The van der Waals surface area contributed by atoms with Crippen LogP contribution in [0, 0.1) is 0 Å². The fourth-order valence-electron chi connectivity index (χ4n) is 2.43. The quantitative estimate of drug-likeness (QED) is 0.608. The first-order valence-corrected chi connectivity index (χ1v) is 10.3. The number of nitrogens with zero attached hydrogens (tertiary/aromatic N) is 1. The van der Waals surface area contributed by atoms with Crippen molar-refractivity contribution in [1.29, 1.82) is 0 Å². The molecule has 6 nitrogen and oxygen atoms in total. The summed E-state index contributed by atoms with van der Waals surface area (Å²) in [5.41, 5.74) is 0.910. The van der Waals surface area contributed by atoms with Crippen molar-refractivity contribution in [3.63, 3.8) is 0 Å². The largest absolute Gasteiger partial charge is 0.445 e. The van der Waals surface area contributed by atoms with E-state index in [1.165, 1.54) is 17.0 Å². The van der Waals surface area contributed by atoms with Crippen LogP contribution in [0.25, 0.3) is 0 Å². The highest BCUT2D eigenvalue weighted by Crippen LogP contribution is 2.15. The Bertz CT molecular complexity index is 809. The smallest absolute Gasteiger partial charge is 0.410 e. The van der Waals surface area contributed by atoms with Gasteiger partial charge in [-0.15, -0.1) is 0 Å². The van der Waals surface area contributed by atoms with E-state index in [0.29, 0.717) is 19.5 Å². The molecule has 1 atom stereocenters. The van der Waals surface area contributed by atoms with Crippen LogP contribution in [-0.4, -0.2) is 38.6 Å². The zero-order valence-electron chi connectivity index (χ0n) is 15.6. The van der Waals surface area contributed by atoms with E-state index in [4.69, 9.17) is 8.92 Å². The minimum absolute atomic E-state index is 0.117. The highest BCUT2D eigenvalue weighted by Gasteiger charge is 2.20. The highest BCUT2D eigenvalue weighted by molar-refractivity contribution is 7.86. The van der Waals surface area contributed by atoms with E-state index < -0.39 is 22.3 Å². The summed E-state index contributed by atoms with van der Waals surface area (Å²) in [6.07, 6.45) is -0.619. The van der Waals surface area contributed by atoms with Crippen LogP contribution >= 0.6 is 0 Å². The van der Waals surface area contributed by atoms with Crippen molar-refractivity contribution < 1.29 is 22.1 Å². The van der Waals surface area contributed by atoms with Gasteiger partial charge in [0.05, 0.1) is 11.0 Å². The van der Waals surface area contributed by atoms with Crippen molar-refractivity contribution in [3.05, 3.63) is 66.2 Å². The maximum atomic E-state index is 12.2. The Labute approximate surface area is 160 Å². The third-order valence-corrected chi connectivity index (χ3v) is 5.40. The summed E-state index contributed by atoms with van der Waals surface area (Å²) < 4.78 is 35.0. The number of hydrogen-bond donors (Lipinski definition) is 0. The fourth-order valence-corrected chi connectivity index (χ4v) is 3.56. The SMILES string of the molecule is CCN(CCC(C)OS(=O)(=O)c1ccccc1)C(=O)OCc1ccccc1. The van der Waals surface area contributed by atoms with Crippen molar-refractivity contribution in [3.8, 4) is 0 Å². The molecule has 27 heavy (non-hydrogen) atoms. The van der Waals surface area contributed by atoms with Gasteiger partial charge in [-0.3, -0.25) is 4.18 Å². The minimum atomic E-state index is -3.82. The van der Waals surface area contributed by atoms with Crippen molar-refractivity contribution in [2.75, 3.05) is 13.1 Å². The molecule has 0 bridgehead atoms. The lowest BCUT2D eigenvalue weighted by atomic mass is 10.2. The van der Waals surface area contributed by atoms with Crippen LogP contribution in [0.15, 0.2) is 65.6 Å². The van der Waals surface area contributed by atoms with Crippen LogP contribution in [0.1, 0.15) is 25.8 Å². The van der Waals surface area contributed by atoms with Gasteiger partial charge in [0.25, 0.3) is 10.1 Å². The van der Waals surface area contributed by atoms with E-state index in [-0.39, 0.29) is 11.5 Å². The normalized spacial score (nSPS) is 12.4. The highest BCUT2D eigenvalue weighted by atomic mass is 32.2. The predicted molar refractivity (Wildman–Crippen MR) is 103 cm³/mol. The third kappa shape index (κ3) is 6.69. The van der Waals surface area contributed by atoms with Crippen LogP contribution in [0.5, 0.6) is 0 Å². The van der Waals surface area contributed by atoms with Crippen molar-refractivity contribution in [2.45, 2.75) is 37.9 Å². The van der Waals surface area contributed by atoms with Gasteiger partial charge < -0.3 is 9.64 Å². The van der Waals surface area contributed by atoms with Gasteiger partial charge in [-0.2, -0.15) is 8.42 Å². The Kier molecular flexibility index (Phi) is 7.82. The molecule has 1 unspecified atom stereocenters. The summed E-state index contributed by atoms with van der Waals surface area (Å²) in [4.78, 5) is 13.9. The molecular formula is C20H25NO5S. The van der Waals surface area contributed by atoms with E-state index >= 15 is 0 Å². The topological polar surface area (TPSA) is 72.9 Å². The zero-order chi connectivity index (χ0) is 19.7. The first-order valence-electron chi connectivity index (χ1n) is 8.86. The maximum Gasteiger partial charge on any atom is 0.410 e. The van der Waals surface area contributed by atoms with E-state index in [9.17, 15) is 13.2 Å². The molecule has 146 valence electrons. The van der Waals surface area contributed by atoms with E-state index in [0.717, 1.165) is 5.56 Å². The summed E-state index contributed by atoms with van der Waals surface area (Å²) in [5.74, 6) is 0. The van der Waals surface area contributed by atoms with Gasteiger partial charge in [0.2, 0.25) is 0 Å². The molecule has 0 radical (unpaired) electrons. The van der Waals surface area contributed by atoms with Crippen LogP contribution in [0.2, 0.25) is 0 Å². The summed E-state index contributed by atoms with van der Waals surface area (Å²) in [6, 6.07) is 17.4. The Hall–Kier alpha value is -2.38. The maximum absolute atomic E-state index is 12.2. The average molecular weight is 391 g/mol. The molecule has 0 saturated heterocycles. The second-order valence-electron chi connectivity index (χ2n) is 6.08. The average Bonchev–Trinajstić information content (AvgIpc) is 2.68. The van der Waals surface area contributed by atoms with E-state index in [1.807, 2.05) is 37.3 Å². The Balaban J connectivity index is 1.82. The molecule has 0 N–H and O–H groups in total. The van der Waals surface area contributed by atoms with Crippen LogP contribution in [0.4, 0.5) is 4.79 Å². The van der Waals surface area contributed by atoms with Crippen LogP contribution < -0.4 is 0 Å². The van der Waals surface area contributed by atoms with Gasteiger partial charge in [0, 0.05) is 13.1 Å². The van der Waals surface area contributed by atoms with Gasteiger partial charge in [0.15, 0.2) is 0 Å². The molecule has 0 spiro atoms. The number of hydrogen-bond acceptors (Lipinski definition) is 5. The van der Waals surface area contributed by atoms with E-state index in [2.05, 4.69) is 0 Å². The lowest BCUT2D eigenvalue weighted by molar-refractivity contribution is 0.0928. The van der Waals surface area contributed by atoms with Gasteiger partial charge in [0.1, 0.15) is 6.61 Å². The van der Waals surface area contributed by atoms with Crippen molar-refractivity contribution in [2.24, 2.45) is 0 Å². The Morgan fingerprint density at radius 2 is 1.63 bits per heavy atom. The second-order valence-corrected chi connectivity index (χ2v) is 7.65. The zero-order valence-corrected chi connectivity index (χ0v) is 16.4. The molecule has 7 heteroatoms. The number of amides is 1. The lowest BCUT2D eigenvalue weighted by Crippen LogP contribution is -2.34. The first-order chi connectivity index (χ1) is 12.9. The summed E-state index contributed by atoms with van der Waals surface area (Å²) in [5, 5.41) is 0. The molecule has 0 saturated carbocycles. The fraction of sp³-hybridized carbons (Fsp3) is 0.350. The lowest BCUT2D eigenvalue weighted by Gasteiger charge is -2.22. The van der Waals surface area contributed by atoms with Gasteiger partial charge in [-0.25, -0.2) is 4.79 Å². The van der Waals surface area contributed by atoms with Gasteiger partial charge >= 0.3 is 6.09 Å². The molecule has 1 amide bonds. The molecule has 0 fully saturated rings. The molecular weight excluding hydrogens is 366 g/mol. The number of ether oxygens (including phenoxy) is 1. The number of rotatable bonds is 9. The number of carbonyl (C=O) groups excluding carboxylic acids is 1. The van der Waals surface area contributed by atoms with Gasteiger partial charge in [-0.1, -0.05) is 48.5 Å². The van der Waals surface area contributed by atoms with Crippen LogP contribution in [-0.2, 0) is 25.6 Å². The molecule has 0 aliphatic heterocycles. The number of carbonyl (C=O) groups is 1. The second kappa shape index (κ2) is 10.1. The van der Waals surface area contributed by atoms with Crippen molar-refractivity contribution >= 4 is 16.2 Å². The van der Waals surface area contributed by atoms with Crippen LogP contribution in [0.3, 0.4) is 0 Å². The monoisotopic (exact) mass is 391 g/mol. The number of benzene rings is 2. The Morgan fingerprint density at radius 1 is 1.04 bits per heavy atom. The molecule has 0 aliphatic carbocycles. The van der Waals surface area contributed by atoms with E-state index in [1.54, 1.807) is 25.1 Å². The minimum Gasteiger partial charge on any atom is -0.445 e. The third-order valence-electron chi connectivity index (χ3n) is 3.97.